The SMILES string of the molecule is CCNC(=O)c1cccc(NC(=O)COC(=O)COc2ccccc2C#N)c1. The molecule has 0 saturated carbocycles. The Hall–Kier alpha value is -3.86. The number of hydrogen-bond acceptors (Lipinski definition) is 6. The van der Waals surface area contributed by atoms with Crippen molar-refractivity contribution in [1.82, 2.24) is 5.32 Å². The lowest BCUT2D eigenvalue weighted by molar-refractivity contribution is -0.149. The van der Waals surface area contributed by atoms with Crippen molar-refractivity contribution in [2.45, 2.75) is 6.92 Å². The van der Waals surface area contributed by atoms with E-state index in [2.05, 4.69) is 10.6 Å². The molecule has 8 heteroatoms. The van der Waals surface area contributed by atoms with E-state index in [1.165, 1.54) is 6.07 Å². The number of rotatable bonds is 8. The summed E-state index contributed by atoms with van der Waals surface area (Å²) in [5.41, 5.74) is 1.10. The van der Waals surface area contributed by atoms with Gasteiger partial charge in [-0.05, 0) is 37.3 Å². The Kier molecular flexibility index (Phi) is 7.54. The molecule has 0 aliphatic carbocycles. The van der Waals surface area contributed by atoms with Crippen molar-refractivity contribution in [3.63, 3.8) is 0 Å². The van der Waals surface area contributed by atoms with E-state index in [-0.39, 0.29) is 11.7 Å². The highest BCUT2D eigenvalue weighted by Gasteiger charge is 2.11. The summed E-state index contributed by atoms with van der Waals surface area (Å²) in [5.74, 6) is -1.30. The quantitative estimate of drug-likeness (QED) is 0.674. The molecule has 0 radical (unpaired) electrons. The molecule has 0 saturated heterocycles. The van der Waals surface area contributed by atoms with Crippen LogP contribution in [0.2, 0.25) is 0 Å². The monoisotopic (exact) mass is 381 g/mol. The van der Waals surface area contributed by atoms with Gasteiger partial charge in [-0.2, -0.15) is 5.26 Å². The van der Waals surface area contributed by atoms with Crippen molar-refractivity contribution in [3.8, 4) is 11.8 Å². The van der Waals surface area contributed by atoms with E-state index in [0.29, 0.717) is 23.4 Å². The van der Waals surface area contributed by atoms with Gasteiger partial charge in [-0.1, -0.05) is 18.2 Å². The number of nitrogens with one attached hydrogen (secondary N) is 2. The Balaban J connectivity index is 1.81. The zero-order chi connectivity index (χ0) is 20.4. The number of nitriles is 1. The molecule has 0 aliphatic heterocycles. The predicted molar refractivity (Wildman–Crippen MR) is 101 cm³/mol. The molecule has 0 aromatic heterocycles. The number of carbonyl (C=O) groups is 3. The van der Waals surface area contributed by atoms with E-state index in [4.69, 9.17) is 14.7 Å². The first-order chi connectivity index (χ1) is 13.5. The van der Waals surface area contributed by atoms with Crippen molar-refractivity contribution in [2.24, 2.45) is 0 Å². The summed E-state index contributed by atoms with van der Waals surface area (Å²) < 4.78 is 10.1. The summed E-state index contributed by atoms with van der Waals surface area (Å²) in [4.78, 5) is 35.5. The van der Waals surface area contributed by atoms with Crippen LogP contribution in [0, 0.1) is 11.3 Å². The maximum atomic E-state index is 11.9. The average Bonchev–Trinajstić information content (AvgIpc) is 2.71. The van der Waals surface area contributed by atoms with Crippen molar-refractivity contribution in [1.29, 1.82) is 5.26 Å². The third-order valence-corrected chi connectivity index (χ3v) is 3.46. The van der Waals surface area contributed by atoms with Gasteiger partial charge in [0.1, 0.15) is 11.8 Å². The highest BCUT2D eigenvalue weighted by Crippen LogP contribution is 2.16. The second-order valence-corrected chi connectivity index (χ2v) is 5.55. The second-order valence-electron chi connectivity index (χ2n) is 5.55. The third kappa shape index (κ3) is 6.14. The lowest BCUT2D eigenvalue weighted by Crippen LogP contribution is -2.24. The van der Waals surface area contributed by atoms with Crippen molar-refractivity contribution < 1.29 is 23.9 Å². The summed E-state index contributed by atoms with van der Waals surface area (Å²) in [6, 6.07) is 14.8. The maximum Gasteiger partial charge on any atom is 0.344 e. The summed E-state index contributed by atoms with van der Waals surface area (Å²) >= 11 is 0. The van der Waals surface area contributed by atoms with E-state index in [9.17, 15) is 14.4 Å². The standard InChI is InChI=1S/C20H19N3O5/c1-2-22-20(26)14-7-5-8-16(10-14)23-18(24)12-28-19(25)13-27-17-9-4-3-6-15(17)11-21/h3-10H,2,12-13H2,1H3,(H,22,26)(H,23,24). The molecule has 28 heavy (non-hydrogen) atoms. The molecule has 0 heterocycles. The van der Waals surface area contributed by atoms with Crippen LogP contribution in [0.25, 0.3) is 0 Å². The van der Waals surface area contributed by atoms with Crippen LogP contribution in [0.1, 0.15) is 22.8 Å². The zero-order valence-electron chi connectivity index (χ0n) is 15.2. The molecular weight excluding hydrogens is 362 g/mol. The van der Waals surface area contributed by atoms with Gasteiger partial charge in [-0.3, -0.25) is 9.59 Å². The fourth-order valence-corrected chi connectivity index (χ4v) is 2.21. The van der Waals surface area contributed by atoms with Crippen molar-refractivity contribution in [2.75, 3.05) is 25.1 Å². The number of anilines is 1. The van der Waals surface area contributed by atoms with Crippen molar-refractivity contribution in [3.05, 3.63) is 59.7 Å². The molecule has 2 aromatic rings. The van der Waals surface area contributed by atoms with E-state index < -0.39 is 25.1 Å². The fraction of sp³-hybridized carbons (Fsp3) is 0.200. The molecule has 0 fully saturated rings. The highest BCUT2D eigenvalue weighted by atomic mass is 16.6. The molecule has 2 N–H and O–H groups in total. The molecule has 0 unspecified atom stereocenters. The summed E-state index contributed by atoms with van der Waals surface area (Å²) in [7, 11) is 0. The molecule has 144 valence electrons. The number of ether oxygens (including phenoxy) is 2. The Bertz CT molecular complexity index is 905. The van der Waals surface area contributed by atoms with Gasteiger partial charge in [-0.25, -0.2) is 4.79 Å². The number of esters is 1. The fourth-order valence-electron chi connectivity index (χ4n) is 2.21. The Morgan fingerprint density at radius 1 is 1.07 bits per heavy atom. The molecule has 2 aromatic carbocycles. The smallest absolute Gasteiger partial charge is 0.344 e. The van der Waals surface area contributed by atoms with E-state index in [1.54, 1.807) is 49.4 Å². The van der Waals surface area contributed by atoms with Crippen LogP contribution in [-0.4, -0.2) is 37.5 Å². The maximum absolute atomic E-state index is 11.9. The zero-order valence-corrected chi connectivity index (χ0v) is 15.2. The van der Waals surface area contributed by atoms with Crippen LogP contribution in [0.5, 0.6) is 5.75 Å². The number of nitrogens with zero attached hydrogens (tertiary/aromatic N) is 1. The van der Waals surface area contributed by atoms with E-state index in [0.717, 1.165) is 0 Å². The highest BCUT2D eigenvalue weighted by molar-refractivity contribution is 5.97. The Morgan fingerprint density at radius 3 is 2.61 bits per heavy atom. The van der Waals surface area contributed by atoms with Gasteiger partial charge in [0.25, 0.3) is 11.8 Å². The van der Waals surface area contributed by atoms with Gasteiger partial charge >= 0.3 is 5.97 Å². The van der Waals surface area contributed by atoms with Gasteiger partial charge in [0.2, 0.25) is 0 Å². The van der Waals surface area contributed by atoms with Crippen LogP contribution in [0.3, 0.4) is 0 Å². The van der Waals surface area contributed by atoms with Crippen LogP contribution in [0.15, 0.2) is 48.5 Å². The Morgan fingerprint density at radius 2 is 1.86 bits per heavy atom. The van der Waals surface area contributed by atoms with Gasteiger partial charge in [0.15, 0.2) is 13.2 Å². The summed E-state index contributed by atoms with van der Waals surface area (Å²) in [6.07, 6.45) is 0. The third-order valence-electron chi connectivity index (χ3n) is 3.46. The normalized spacial score (nSPS) is 9.71. The summed E-state index contributed by atoms with van der Waals surface area (Å²) in [5, 5.41) is 14.2. The largest absolute Gasteiger partial charge is 0.481 e. The second kappa shape index (κ2) is 10.3. The number of benzene rings is 2. The van der Waals surface area contributed by atoms with E-state index >= 15 is 0 Å². The first-order valence-electron chi connectivity index (χ1n) is 8.49. The minimum Gasteiger partial charge on any atom is -0.481 e. The van der Waals surface area contributed by atoms with E-state index in [1.807, 2.05) is 6.07 Å². The van der Waals surface area contributed by atoms with Gasteiger partial charge in [0, 0.05) is 17.8 Å². The molecule has 0 aliphatic rings. The van der Waals surface area contributed by atoms with Crippen LogP contribution >= 0.6 is 0 Å². The Labute approximate surface area is 162 Å². The topological polar surface area (TPSA) is 118 Å². The molecule has 8 nitrogen and oxygen atoms in total. The molecule has 0 atom stereocenters. The predicted octanol–water partition coefficient (Wildman–Crippen LogP) is 1.87. The molecule has 0 bridgehead atoms. The average molecular weight is 381 g/mol. The van der Waals surface area contributed by atoms with Crippen LogP contribution < -0.4 is 15.4 Å². The van der Waals surface area contributed by atoms with Gasteiger partial charge in [0.05, 0.1) is 5.56 Å². The molecule has 0 spiro atoms. The minimum atomic E-state index is -0.751. The first-order valence-corrected chi connectivity index (χ1v) is 8.49. The minimum absolute atomic E-state index is 0.250. The number of hydrogen-bond donors (Lipinski definition) is 2. The molecular formula is C20H19N3O5. The van der Waals surface area contributed by atoms with Crippen LogP contribution in [-0.2, 0) is 14.3 Å². The summed E-state index contributed by atoms with van der Waals surface area (Å²) in [6.45, 7) is 1.36. The molecule has 2 amide bonds. The van der Waals surface area contributed by atoms with Gasteiger partial charge in [-0.15, -0.1) is 0 Å². The first kappa shape index (κ1) is 20.5. The molecule has 2 rings (SSSR count). The lowest BCUT2D eigenvalue weighted by Gasteiger charge is -2.09. The number of para-hydroxylation sites is 1. The van der Waals surface area contributed by atoms with Crippen LogP contribution in [0.4, 0.5) is 5.69 Å². The number of amides is 2. The van der Waals surface area contributed by atoms with Gasteiger partial charge < -0.3 is 20.1 Å². The number of carbonyl (C=O) groups excluding carboxylic acids is 3. The lowest BCUT2D eigenvalue weighted by atomic mass is 10.2. The van der Waals surface area contributed by atoms with Crippen molar-refractivity contribution >= 4 is 23.5 Å².